The van der Waals surface area contributed by atoms with Gasteiger partial charge >= 0.3 is 0 Å². The van der Waals surface area contributed by atoms with E-state index in [2.05, 4.69) is 15.3 Å². The number of nitrogens with two attached hydrogens (primary N) is 1. The number of hydrogen-bond acceptors (Lipinski definition) is 4. The highest BCUT2D eigenvalue weighted by Crippen LogP contribution is 2.36. The van der Waals surface area contributed by atoms with Crippen molar-refractivity contribution in [3.8, 4) is 0 Å². The van der Waals surface area contributed by atoms with Crippen LogP contribution in [-0.2, 0) is 9.47 Å². The van der Waals surface area contributed by atoms with Crippen molar-refractivity contribution in [3.05, 3.63) is 24.4 Å². The van der Waals surface area contributed by atoms with Crippen LogP contribution in [0.15, 0.2) is 29.4 Å². The molecular formula is C16H25IN4O2. The van der Waals surface area contributed by atoms with Crippen molar-refractivity contribution < 1.29 is 9.47 Å². The van der Waals surface area contributed by atoms with Crippen LogP contribution in [0.5, 0.6) is 0 Å². The van der Waals surface area contributed by atoms with E-state index >= 15 is 0 Å². The highest BCUT2D eigenvalue weighted by Gasteiger charge is 2.41. The molecule has 0 aromatic carbocycles. The van der Waals surface area contributed by atoms with E-state index in [9.17, 15) is 0 Å². The molecule has 0 bridgehead atoms. The SMILES string of the molecule is I.NC(=NCC1COC2(CCCCCC2)O1)Nc1ccccn1. The third-order valence-corrected chi connectivity index (χ3v) is 4.17. The van der Waals surface area contributed by atoms with Crippen molar-refractivity contribution in [2.75, 3.05) is 18.5 Å². The first kappa shape index (κ1) is 18.4. The van der Waals surface area contributed by atoms with Crippen LogP contribution in [0.25, 0.3) is 0 Å². The van der Waals surface area contributed by atoms with Gasteiger partial charge in [-0.2, -0.15) is 0 Å². The molecule has 23 heavy (non-hydrogen) atoms. The molecule has 1 aliphatic carbocycles. The van der Waals surface area contributed by atoms with E-state index in [0.29, 0.717) is 24.9 Å². The fraction of sp³-hybridized carbons (Fsp3) is 0.625. The number of anilines is 1. The summed E-state index contributed by atoms with van der Waals surface area (Å²) in [6, 6.07) is 5.60. The summed E-state index contributed by atoms with van der Waals surface area (Å²) in [6.07, 6.45) is 8.60. The minimum Gasteiger partial charge on any atom is -0.370 e. The summed E-state index contributed by atoms with van der Waals surface area (Å²) in [6.45, 7) is 1.10. The summed E-state index contributed by atoms with van der Waals surface area (Å²) in [7, 11) is 0. The molecule has 3 N–H and O–H groups in total. The first-order valence-electron chi connectivity index (χ1n) is 8.06. The molecule has 2 heterocycles. The van der Waals surface area contributed by atoms with Crippen LogP contribution in [0.2, 0.25) is 0 Å². The third kappa shape index (κ3) is 5.29. The molecule has 1 aromatic rings. The molecule has 1 saturated carbocycles. The van der Waals surface area contributed by atoms with E-state index in [0.717, 1.165) is 12.8 Å². The topological polar surface area (TPSA) is 81.8 Å². The Bertz CT molecular complexity index is 504. The lowest BCUT2D eigenvalue weighted by molar-refractivity contribution is -0.174. The molecule has 1 saturated heterocycles. The van der Waals surface area contributed by atoms with Crippen LogP contribution in [-0.4, -0.2) is 36.0 Å². The summed E-state index contributed by atoms with van der Waals surface area (Å²) >= 11 is 0. The van der Waals surface area contributed by atoms with E-state index in [1.54, 1.807) is 6.20 Å². The van der Waals surface area contributed by atoms with Crippen LogP contribution in [0.1, 0.15) is 38.5 Å². The van der Waals surface area contributed by atoms with Crippen molar-refractivity contribution in [2.45, 2.75) is 50.4 Å². The van der Waals surface area contributed by atoms with Gasteiger partial charge in [0.2, 0.25) is 0 Å². The van der Waals surface area contributed by atoms with Gasteiger partial charge in [0.15, 0.2) is 11.7 Å². The van der Waals surface area contributed by atoms with Crippen LogP contribution in [0.4, 0.5) is 5.82 Å². The predicted octanol–water partition coefficient (Wildman–Crippen LogP) is 2.89. The standard InChI is InChI=1S/C16H24N4O2.HI/c17-15(20-14-7-3-6-10-18-14)19-11-13-12-21-16(22-13)8-4-1-2-5-9-16;/h3,6-7,10,13H,1-2,4-5,8-9,11-12H2,(H3,17,18,19,20);1H. The number of pyridine rings is 1. The molecule has 1 atom stereocenters. The maximum Gasteiger partial charge on any atom is 0.194 e. The molecule has 3 rings (SSSR count). The maximum atomic E-state index is 6.14. The second kappa shape index (κ2) is 8.79. The summed E-state index contributed by atoms with van der Waals surface area (Å²) in [5.74, 6) is 0.677. The fourth-order valence-corrected chi connectivity index (χ4v) is 3.04. The highest BCUT2D eigenvalue weighted by atomic mass is 127. The lowest BCUT2D eigenvalue weighted by Gasteiger charge is -2.26. The normalized spacial score (nSPS) is 24.0. The number of guanidine groups is 1. The van der Waals surface area contributed by atoms with Crippen LogP contribution in [0.3, 0.4) is 0 Å². The second-order valence-electron chi connectivity index (χ2n) is 5.94. The Morgan fingerprint density at radius 1 is 1.30 bits per heavy atom. The lowest BCUT2D eigenvalue weighted by Crippen LogP contribution is -2.31. The second-order valence-corrected chi connectivity index (χ2v) is 5.94. The van der Waals surface area contributed by atoms with E-state index in [1.165, 1.54) is 25.7 Å². The van der Waals surface area contributed by atoms with Crippen molar-refractivity contribution in [1.82, 2.24) is 4.98 Å². The minimum absolute atomic E-state index is 0. The largest absolute Gasteiger partial charge is 0.370 e. The molecular weight excluding hydrogens is 407 g/mol. The molecule has 2 aliphatic rings. The number of aliphatic imine (C=N–C) groups is 1. The molecule has 1 unspecified atom stereocenters. The van der Waals surface area contributed by atoms with Gasteiger partial charge in [0.05, 0.1) is 13.2 Å². The smallest absolute Gasteiger partial charge is 0.194 e. The zero-order valence-electron chi connectivity index (χ0n) is 13.2. The Morgan fingerprint density at radius 2 is 2.09 bits per heavy atom. The average molecular weight is 432 g/mol. The number of ether oxygens (including phenoxy) is 2. The quantitative estimate of drug-likeness (QED) is 0.436. The van der Waals surface area contributed by atoms with Crippen molar-refractivity contribution >= 4 is 35.8 Å². The predicted molar refractivity (Wildman–Crippen MR) is 101 cm³/mol. The lowest BCUT2D eigenvalue weighted by atomic mass is 10.1. The summed E-state index contributed by atoms with van der Waals surface area (Å²) in [5, 5.41) is 2.97. The van der Waals surface area contributed by atoms with E-state index in [-0.39, 0.29) is 35.9 Å². The van der Waals surface area contributed by atoms with Gasteiger partial charge < -0.3 is 20.5 Å². The fourth-order valence-electron chi connectivity index (χ4n) is 3.04. The van der Waals surface area contributed by atoms with Gasteiger partial charge in [0, 0.05) is 19.0 Å². The first-order valence-corrected chi connectivity index (χ1v) is 8.06. The Kier molecular flexibility index (Phi) is 7.04. The Morgan fingerprint density at radius 3 is 2.78 bits per heavy atom. The van der Waals surface area contributed by atoms with Crippen LogP contribution >= 0.6 is 24.0 Å². The van der Waals surface area contributed by atoms with Gasteiger partial charge in [0.1, 0.15) is 11.9 Å². The third-order valence-electron chi connectivity index (χ3n) is 4.17. The highest BCUT2D eigenvalue weighted by molar-refractivity contribution is 14.0. The molecule has 6 nitrogen and oxygen atoms in total. The first-order chi connectivity index (χ1) is 10.8. The van der Waals surface area contributed by atoms with Gasteiger partial charge in [-0.15, -0.1) is 24.0 Å². The number of nitrogens with zero attached hydrogens (tertiary/aromatic N) is 2. The van der Waals surface area contributed by atoms with Crippen molar-refractivity contribution in [1.29, 1.82) is 0 Å². The molecule has 1 aromatic heterocycles. The summed E-state index contributed by atoms with van der Waals surface area (Å²) in [4.78, 5) is 8.49. The van der Waals surface area contributed by atoms with Gasteiger partial charge in [-0.3, -0.25) is 4.99 Å². The van der Waals surface area contributed by atoms with Crippen molar-refractivity contribution in [2.24, 2.45) is 10.7 Å². The van der Waals surface area contributed by atoms with Gasteiger partial charge in [0.25, 0.3) is 0 Å². The van der Waals surface area contributed by atoms with Gasteiger partial charge in [-0.05, 0) is 25.0 Å². The van der Waals surface area contributed by atoms with Crippen molar-refractivity contribution in [3.63, 3.8) is 0 Å². The van der Waals surface area contributed by atoms with Crippen LogP contribution in [0, 0.1) is 0 Å². The molecule has 2 fully saturated rings. The molecule has 0 amide bonds. The Balaban J connectivity index is 0.00000192. The molecule has 1 aliphatic heterocycles. The number of rotatable bonds is 3. The molecule has 7 heteroatoms. The van der Waals surface area contributed by atoms with Gasteiger partial charge in [-0.25, -0.2) is 4.98 Å². The number of halogens is 1. The zero-order valence-corrected chi connectivity index (χ0v) is 15.6. The number of hydrogen-bond donors (Lipinski definition) is 2. The minimum atomic E-state index is -0.361. The van der Waals surface area contributed by atoms with E-state index in [1.807, 2.05) is 18.2 Å². The molecule has 128 valence electrons. The Hall–Kier alpha value is -0.930. The summed E-state index contributed by atoms with van der Waals surface area (Å²) in [5.41, 5.74) is 5.88. The number of aromatic nitrogens is 1. The van der Waals surface area contributed by atoms with Crippen LogP contribution < -0.4 is 11.1 Å². The van der Waals surface area contributed by atoms with Gasteiger partial charge in [-0.1, -0.05) is 18.9 Å². The summed E-state index contributed by atoms with van der Waals surface area (Å²) < 4.78 is 12.1. The Labute approximate surface area is 154 Å². The van der Waals surface area contributed by atoms with E-state index in [4.69, 9.17) is 15.2 Å². The maximum absolute atomic E-state index is 6.14. The number of nitrogens with one attached hydrogen (secondary N) is 1. The monoisotopic (exact) mass is 432 g/mol. The zero-order chi connectivity index (χ0) is 15.3. The molecule has 1 spiro atoms. The average Bonchev–Trinajstić information content (AvgIpc) is 2.78. The van der Waals surface area contributed by atoms with E-state index < -0.39 is 0 Å². The molecule has 0 radical (unpaired) electrons.